The third-order valence-corrected chi connectivity index (χ3v) is 3.15. The average molecular weight is 252 g/mol. The van der Waals surface area contributed by atoms with Gasteiger partial charge in [0, 0.05) is 0 Å². The molecule has 0 amide bonds. The highest BCUT2D eigenvalue weighted by molar-refractivity contribution is 5.24. The van der Waals surface area contributed by atoms with E-state index >= 15 is 0 Å². The largest absolute Gasteiger partial charge is 0.371 e. The Bertz CT molecular complexity index is 274. The molecule has 1 fully saturated rings. The highest BCUT2D eigenvalue weighted by Crippen LogP contribution is 2.32. The van der Waals surface area contributed by atoms with Gasteiger partial charge >= 0.3 is 0 Å². The van der Waals surface area contributed by atoms with Crippen molar-refractivity contribution in [2.45, 2.75) is 58.8 Å². The monoisotopic (exact) mass is 252 g/mol. The van der Waals surface area contributed by atoms with Crippen molar-refractivity contribution < 1.29 is 10.2 Å². The minimum atomic E-state index is -0.750. The van der Waals surface area contributed by atoms with Crippen molar-refractivity contribution in [2.75, 3.05) is 6.79 Å². The number of rotatable bonds is 1. The summed E-state index contributed by atoms with van der Waals surface area (Å²) < 4.78 is 0. The molecule has 1 aliphatic carbocycles. The quantitative estimate of drug-likeness (QED) is 0.742. The molecule has 0 saturated heterocycles. The number of hydrogen-bond acceptors (Lipinski definition) is 2. The maximum atomic E-state index is 7.12. The second-order valence-corrected chi connectivity index (χ2v) is 4.39. The fraction of sp³-hybridized carbons (Fsp3) is 0.625. The summed E-state index contributed by atoms with van der Waals surface area (Å²) in [5.41, 5.74) is 2.94. The number of aliphatic hydroxyl groups is 2. The van der Waals surface area contributed by atoms with Crippen LogP contribution in [0.3, 0.4) is 0 Å². The molecule has 1 aromatic rings. The molecule has 104 valence electrons. The van der Waals surface area contributed by atoms with Crippen LogP contribution in [0.2, 0.25) is 0 Å². The second kappa shape index (κ2) is 11.2. The lowest BCUT2D eigenvalue weighted by atomic mass is 9.84. The van der Waals surface area contributed by atoms with Crippen molar-refractivity contribution in [1.29, 1.82) is 0 Å². The van der Waals surface area contributed by atoms with Crippen LogP contribution in [0.5, 0.6) is 0 Å². The van der Waals surface area contributed by atoms with Crippen LogP contribution in [-0.2, 0) is 0 Å². The van der Waals surface area contributed by atoms with E-state index in [2.05, 4.69) is 31.2 Å². The van der Waals surface area contributed by atoms with Gasteiger partial charge in [0.2, 0.25) is 0 Å². The predicted molar refractivity (Wildman–Crippen MR) is 77.7 cm³/mol. The zero-order chi connectivity index (χ0) is 13.8. The Kier molecular flexibility index (Phi) is 10.7. The summed E-state index contributed by atoms with van der Waals surface area (Å²) in [5.74, 6) is 0.856. The van der Waals surface area contributed by atoms with E-state index in [4.69, 9.17) is 10.2 Å². The molecule has 2 heteroatoms. The Balaban J connectivity index is 0.000000509. The number of benzene rings is 1. The summed E-state index contributed by atoms with van der Waals surface area (Å²) >= 11 is 0. The van der Waals surface area contributed by atoms with E-state index in [0.29, 0.717) is 0 Å². The summed E-state index contributed by atoms with van der Waals surface area (Å²) in [6.07, 6.45) is 7.12. The van der Waals surface area contributed by atoms with Gasteiger partial charge in [-0.3, -0.25) is 0 Å². The van der Waals surface area contributed by atoms with Crippen molar-refractivity contribution >= 4 is 0 Å². The molecular formula is C16H28O2. The van der Waals surface area contributed by atoms with Gasteiger partial charge in [-0.15, -0.1) is 0 Å². The first kappa shape index (κ1) is 17.1. The van der Waals surface area contributed by atoms with Gasteiger partial charge in [-0.1, -0.05) is 62.9 Å². The first-order valence-electron chi connectivity index (χ1n) is 7.06. The van der Waals surface area contributed by atoms with Crippen molar-refractivity contribution in [3.8, 4) is 0 Å². The van der Waals surface area contributed by atoms with Crippen LogP contribution < -0.4 is 0 Å². The Morgan fingerprint density at radius 2 is 1.39 bits per heavy atom. The Morgan fingerprint density at radius 1 is 0.944 bits per heavy atom. The fourth-order valence-electron chi connectivity index (χ4n) is 2.27. The lowest BCUT2D eigenvalue weighted by Crippen LogP contribution is -2.04. The van der Waals surface area contributed by atoms with E-state index in [9.17, 15) is 0 Å². The van der Waals surface area contributed by atoms with Crippen molar-refractivity contribution in [1.82, 2.24) is 0 Å². The molecule has 0 heterocycles. The Labute approximate surface area is 112 Å². The van der Waals surface area contributed by atoms with Gasteiger partial charge in [-0.25, -0.2) is 0 Å². The number of aliphatic hydroxyl groups excluding tert-OH is 1. The molecule has 1 aliphatic rings. The molecule has 2 nitrogen and oxygen atoms in total. The lowest BCUT2D eigenvalue weighted by Gasteiger charge is -2.21. The molecule has 0 atom stereocenters. The molecule has 0 radical (unpaired) electrons. The second-order valence-electron chi connectivity index (χ2n) is 4.39. The molecule has 1 saturated carbocycles. The van der Waals surface area contributed by atoms with E-state index < -0.39 is 6.79 Å². The van der Waals surface area contributed by atoms with Gasteiger partial charge in [0.15, 0.2) is 0 Å². The van der Waals surface area contributed by atoms with E-state index in [-0.39, 0.29) is 0 Å². The number of hydrogen-bond donors (Lipinski definition) is 2. The van der Waals surface area contributed by atoms with Gasteiger partial charge < -0.3 is 10.2 Å². The zero-order valence-electron chi connectivity index (χ0n) is 12.0. The molecule has 0 spiro atoms. The van der Waals surface area contributed by atoms with Crippen LogP contribution in [-0.4, -0.2) is 17.0 Å². The van der Waals surface area contributed by atoms with Crippen molar-refractivity contribution in [2.24, 2.45) is 0 Å². The average Bonchev–Trinajstić information content (AvgIpc) is 2.44. The third-order valence-electron chi connectivity index (χ3n) is 3.15. The third kappa shape index (κ3) is 6.77. The highest BCUT2D eigenvalue weighted by Gasteiger charge is 2.14. The first-order chi connectivity index (χ1) is 8.77. The van der Waals surface area contributed by atoms with Gasteiger partial charge in [0.1, 0.15) is 6.79 Å². The van der Waals surface area contributed by atoms with Crippen molar-refractivity contribution in [3.63, 3.8) is 0 Å². The molecule has 0 aliphatic heterocycles. The van der Waals surface area contributed by atoms with Crippen LogP contribution >= 0.6 is 0 Å². The standard InChI is InChI=1S/C13H18.C2H6.CH4O2/c1-11-7-9-13(10-8-11)12-5-3-2-4-6-12;1-2;2-1-3/h7-10,12H,2-6H2,1H3;1-2H3;2-3H,1H2. The molecule has 2 N–H and O–H groups in total. The van der Waals surface area contributed by atoms with Crippen LogP contribution in [0, 0.1) is 6.92 Å². The van der Waals surface area contributed by atoms with Gasteiger partial charge in [0.05, 0.1) is 0 Å². The van der Waals surface area contributed by atoms with Gasteiger partial charge in [0.25, 0.3) is 0 Å². The van der Waals surface area contributed by atoms with Crippen LogP contribution in [0.1, 0.15) is 63.0 Å². The maximum absolute atomic E-state index is 7.12. The van der Waals surface area contributed by atoms with Gasteiger partial charge in [-0.2, -0.15) is 0 Å². The van der Waals surface area contributed by atoms with E-state index in [0.717, 1.165) is 5.92 Å². The molecule has 1 aromatic carbocycles. The van der Waals surface area contributed by atoms with E-state index in [1.54, 1.807) is 5.56 Å². The van der Waals surface area contributed by atoms with Crippen LogP contribution in [0.4, 0.5) is 0 Å². The van der Waals surface area contributed by atoms with Crippen LogP contribution in [0.25, 0.3) is 0 Å². The summed E-state index contributed by atoms with van der Waals surface area (Å²) in [7, 11) is 0. The Hall–Kier alpha value is -0.860. The molecule has 2 rings (SSSR count). The summed E-state index contributed by atoms with van der Waals surface area (Å²) in [5, 5.41) is 14.2. The molecule has 0 bridgehead atoms. The minimum absolute atomic E-state index is 0.750. The zero-order valence-corrected chi connectivity index (χ0v) is 12.0. The summed E-state index contributed by atoms with van der Waals surface area (Å²) in [6, 6.07) is 9.10. The van der Waals surface area contributed by atoms with Gasteiger partial charge in [-0.05, 0) is 31.2 Å². The summed E-state index contributed by atoms with van der Waals surface area (Å²) in [6.45, 7) is 5.41. The molecule has 18 heavy (non-hydrogen) atoms. The smallest absolute Gasteiger partial charge is 0.140 e. The highest BCUT2D eigenvalue weighted by atomic mass is 16.5. The SMILES string of the molecule is CC.Cc1ccc(C2CCCCC2)cc1.OCO. The fourth-order valence-corrected chi connectivity index (χ4v) is 2.27. The molecule has 0 unspecified atom stereocenters. The lowest BCUT2D eigenvalue weighted by molar-refractivity contribution is 0.0773. The van der Waals surface area contributed by atoms with Crippen molar-refractivity contribution in [3.05, 3.63) is 35.4 Å². The Morgan fingerprint density at radius 3 is 1.83 bits per heavy atom. The molecule has 0 aromatic heterocycles. The number of aryl methyl sites for hydroxylation is 1. The normalized spacial score (nSPS) is 14.9. The topological polar surface area (TPSA) is 40.5 Å². The molecular weight excluding hydrogens is 224 g/mol. The minimum Gasteiger partial charge on any atom is -0.371 e. The first-order valence-corrected chi connectivity index (χ1v) is 7.06. The van der Waals surface area contributed by atoms with E-state index in [1.165, 1.54) is 37.7 Å². The predicted octanol–water partition coefficient (Wildman–Crippen LogP) is 4.00. The maximum Gasteiger partial charge on any atom is 0.140 e. The van der Waals surface area contributed by atoms with Crippen LogP contribution in [0.15, 0.2) is 24.3 Å². The summed E-state index contributed by atoms with van der Waals surface area (Å²) in [4.78, 5) is 0. The van der Waals surface area contributed by atoms with E-state index in [1.807, 2.05) is 13.8 Å².